The van der Waals surface area contributed by atoms with Crippen LogP contribution in [-0.4, -0.2) is 47.8 Å². The van der Waals surface area contributed by atoms with Crippen molar-refractivity contribution in [1.82, 2.24) is 9.80 Å². The number of rotatable bonds is 13. The van der Waals surface area contributed by atoms with E-state index in [1.807, 2.05) is 23.1 Å². The molecule has 1 aromatic rings. The zero-order chi connectivity index (χ0) is 20.1. The summed E-state index contributed by atoms with van der Waals surface area (Å²) in [7, 11) is 0. The van der Waals surface area contributed by atoms with Gasteiger partial charge in [0.2, 0.25) is 11.8 Å². The third-order valence-electron chi connectivity index (χ3n) is 4.65. The van der Waals surface area contributed by atoms with Crippen LogP contribution in [-0.2, 0) is 16.1 Å². The van der Waals surface area contributed by atoms with Gasteiger partial charge in [-0.05, 0) is 50.0 Å². The molecule has 1 rings (SSSR count). The predicted molar refractivity (Wildman–Crippen MR) is 113 cm³/mol. The van der Waals surface area contributed by atoms with Crippen LogP contribution in [0.25, 0.3) is 0 Å². The van der Waals surface area contributed by atoms with Gasteiger partial charge in [-0.2, -0.15) is 0 Å². The number of nitrogens with one attached hydrogen (secondary N) is 1. The molecule has 0 aliphatic heterocycles. The number of hydrogen-bond donors (Lipinski definition) is 1. The van der Waals surface area contributed by atoms with Gasteiger partial charge in [-0.15, -0.1) is 0 Å². The number of carbonyl (C=O) groups excluding carboxylic acids is 2. The molecule has 0 bridgehead atoms. The van der Waals surface area contributed by atoms with Gasteiger partial charge in [-0.3, -0.25) is 14.5 Å². The zero-order valence-electron chi connectivity index (χ0n) is 17.6. The number of amides is 2. The molecule has 0 atom stereocenters. The lowest BCUT2D eigenvalue weighted by Gasteiger charge is -2.21. The van der Waals surface area contributed by atoms with Crippen molar-refractivity contribution in [2.75, 3.05) is 31.5 Å². The van der Waals surface area contributed by atoms with Crippen LogP contribution in [0.2, 0.25) is 0 Å². The normalized spacial score (nSPS) is 10.9. The fourth-order valence-corrected chi connectivity index (χ4v) is 3.14. The quantitative estimate of drug-likeness (QED) is 0.560. The molecule has 0 unspecified atom stereocenters. The summed E-state index contributed by atoms with van der Waals surface area (Å²) in [4.78, 5) is 28.7. The molecule has 1 N–H and O–H groups in total. The van der Waals surface area contributed by atoms with Crippen LogP contribution >= 0.6 is 0 Å². The average Bonchev–Trinajstić information content (AvgIpc) is 2.66. The Labute approximate surface area is 165 Å². The third-order valence-corrected chi connectivity index (χ3v) is 4.65. The van der Waals surface area contributed by atoms with Gasteiger partial charge in [0.15, 0.2) is 0 Å². The van der Waals surface area contributed by atoms with Gasteiger partial charge in [0.25, 0.3) is 0 Å². The number of nitrogens with zero attached hydrogens (tertiary/aromatic N) is 2. The molecule has 0 aliphatic rings. The van der Waals surface area contributed by atoms with E-state index in [4.69, 9.17) is 0 Å². The Morgan fingerprint density at radius 3 is 2.22 bits per heavy atom. The lowest BCUT2D eigenvalue weighted by molar-refractivity contribution is -0.131. The van der Waals surface area contributed by atoms with Crippen molar-refractivity contribution in [2.24, 2.45) is 0 Å². The van der Waals surface area contributed by atoms with Crippen LogP contribution in [0.15, 0.2) is 24.3 Å². The number of benzene rings is 1. The molecule has 27 heavy (non-hydrogen) atoms. The summed E-state index contributed by atoms with van der Waals surface area (Å²) < 4.78 is 0. The Balaban J connectivity index is 2.45. The highest BCUT2D eigenvalue weighted by atomic mass is 16.2. The van der Waals surface area contributed by atoms with Crippen molar-refractivity contribution in [3.05, 3.63) is 29.8 Å². The minimum absolute atomic E-state index is 0.0275. The summed E-state index contributed by atoms with van der Waals surface area (Å²) in [6.07, 6.45) is 3.34. The summed E-state index contributed by atoms with van der Waals surface area (Å²) in [5.41, 5.74) is 2.02. The summed E-state index contributed by atoms with van der Waals surface area (Å²) in [5.74, 6) is 0.132. The first kappa shape index (κ1) is 23.2. The molecule has 0 saturated heterocycles. The molecule has 5 nitrogen and oxygen atoms in total. The van der Waals surface area contributed by atoms with Crippen LogP contribution in [0, 0.1) is 0 Å². The molecule has 0 spiro atoms. The van der Waals surface area contributed by atoms with Crippen molar-refractivity contribution in [2.45, 2.75) is 66.3 Å². The van der Waals surface area contributed by atoms with Crippen molar-refractivity contribution in [3.8, 4) is 0 Å². The molecule has 0 saturated carbocycles. The monoisotopic (exact) mass is 375 g/mol. The highest BCUT2D eigenvalue weighted by molar-refractivity contribution is 5.91. The first-order valence-corrected chi connectivity index (χ1v) is 10.4. The van der Waals surface area contributed by atoms with Crippen LogP contribution < -0.4 is 5.32 Å². The highest BCUT2D eigenvalue weighted by Crippen LogP contribution is 2.14. The first-order chi connectivity index (χ1) is 13.0. The van der Waals surface area contributed by atoms with Crippen LogP contribution in [0.1, 0.15) is 65.4 Å². The first-order valence-electron chi connectivity index (χ1n) is 10.4. The molecule has 5 heteroatoms. The van der Waals surface area contributed by atoms with E-state index in [1.54, 1.807) is 0 Å². The molecule has 152 valence electrons. The Kier molecular flexibility index (Phi) is 11.4. The molecular weight excluding hydrogens is 338 g/mol. The lowest BCUT2D eigenvalue weighted by atomic mass is 10.1. The van der Waals surface area contributed by atoms with Crippen molar-refractivity contribution in [1.29, 1.82) is 0 Å². The maximum Gasteiger partial charge on any atom is 0.224 e. The molecule has 0 aromatic heterocycles. The Morgan fingerprint density at radius 2 is 1.63 bits per heavy atom. The zero-order valence-corrected chi connectivity index (χ0v) is 17.6. The molecule has 0 heterocycles. The standard InChI is InChI=1S/C22H37N3O2/c1-5-15-25(16-6-2)22(27)14-10-13-21(26)23-20-12-9-11-19(17-20)18-24(7-3)8-4/h9,11-12,17H,5-8,10,13-16,18H2,1-4H3,(H,23,26). The average molecular weight is 376 g/mol. The Morgan fingerprint density at radius 1 is 0.963 bits per heavy atom. The number of hydrogen-bond acceptors (Lipinski definition) is 3. The maximum atomic E-state index is 12.3. The molecule has 2 amide bonds. The van der Waals surface area contributed by atoms with Gasteiger partial charge in [0.1, 0.15) is 0 Å². The molecule has 0 radical (unpaired) electrons. The SMILES string of the molecule is CCCN(CCC)C(=O)CCCC(=O)Nc1cccc(CN(CC)CC)c1. The van der Waals surface area contributed by atoms with E-state index in [0.29, 0.717) is 19.3 Å². The van der Waals surface area contributed by atoms with Gasteiger partial charge >= 0.3 is 0 Å². The van der Waals surface area contributed by atoms with E-state index in [1.165, 1.54) is 5.56 Å². The summed E-state index contributed by atoms with van der Waals surface area (Å²) in [5, 5.41) is 2.96. The van der Waals surface area contributed by atoms with Crippen LogP contribution in [0.5, 0.6) is 0 Å². The van der Waals surface area contributed by atoms with Crippen molar-refractivity contribution in [3.63, 3.8) is 0 Å². The minimum atomic E-state index is -0.0275. The van der Waals surface area contributed by atoms with E-state index in [9.17, 15) is 9.59 Å². The third kappa shape index (κ3) is 9.05. The summed E-state index contributed by atoms with van der Waals surface area (Å²) in [6.45, 7) is 13.0. The largest absolute Gasteiger partial charge is 0.343 e. The summed E-state index contributed by atoms with van der Waals surface area (Å²) in [6, 6.07) is 8.01. The van der Waals surface area contributed by atoms with E-state index in [0.717, 1.165) is 51.3 Å². The van der Waals surface area contributed by atoms with Crippen LogP contribution in [0.4, 0.5) is 5.69 Å². The van der Waals surface area contributed by atoms with Gasteiger partial charge < -0.3 is 10.2 Å². The second kappa shape index (κ2) is 13.3. The van der Waals surface area contributed by atoms with Gasteiger partial charge in [-0.1, -0.05) is 39.8 Å². The second-order valence-electron chi connectivity index (χ2n) is 6.94. The molecule has 1 aromatic carbocycles. The molecule has 0 aliphatic carbocycles. The van der Waals surface area contributed by atoms with E-state index in [-0.39, 0.29) is 11.8 Å². The van der Waals surface area contributed by atoms with Gasteiger partial charge in [-0.25, -0.2) is 0 Å². The Bertz CT molecular complexity index is 564. The highest BCUT2D eigenvalue weighted by Gasteiger charge is 2.12. The van der Waals surface area contributed by atoms with E-state index < -0.39 is 0 Å². The van der Waals surface area contributed by atoms with Crippen molar-refractivity contribution >= 4 is 17.5 Å². The van der Waals surface area contributed by atoms with Crippen molar-refractivity contribution < 1.29 is 9.59 Å². The van der Waals surface area contributed by atoms with Crippen LogP contribution in [0.3, 0.4) is 0 Å². The fraction of sp³-hybridized carbons (Fsp3) is 0.636. The number of carbonyl (C=O) groups is 2. The Hall–Kier alpha value is -1.88. The second-order valence-corrected chi connectivity index (χ2v) is 6.94. The lowest BCUT2D eigenvalue weighted by Crippen LogP contribution is -2.32. The fourth-order valence-electron chi connectivity index (χ4n) is 3.14. The van der Waals surface area contributed by atoms with Gasteiger partial charge in [0.05, 0.1) is 0 Å². The van der Waals surface area contributed by atoms with Gasteiger partial charge in [0, 0.05) is 38.2 Å². The number of anilines is 1. The smallest absolute Gasteiger partial charge is 0.224 e. The summed E-state index contributed by atoms with van der Waals surface area (Å²) >= 11 is 0. The topological polar surface area (TPSA) is 52.7 Å². The van der Waals surface area contributed by atoms with E-state index >= 15 is 0 Å². The minimum Gasteiger partial charge on any atom is -0.343 e. The maximum absolute atomic E-state index is 12.3. The molecule has 0 fully saturated rings. The predicted octanol–water partition coefficient (Wildman–Crippen LogP) is 4.29. The van der Waals surface area contributed by atoms with E-state index in [2.05, 4.69) is 44.0 Å². The molecular formula is C22H37N3O2.